The molecule has 2 rings (SSSR count). The third-order valence-electron chi connectivity index (χ3n) is 3.27. The summed E-state index contributed by atoms with van der Waals surface area (Å²) in [6.45, 7) is 6.07. The minimum atomic E-state index is -0.237. The average Bonchev–Trinajstić information content (AvgIpc) is 2.49. The number of hydrogen-bond donors (Lipinski definition) is 2. The molecule has 1 atom stereocenters. The number of para-hydroxylation sites is 1. The van der Waals surface area contributed by atoms with Crippen LogP contribution in [0.25, 0.3) is 0 Å². The highest BCUT2D eigenvalue weighted by atomic mass is 16.1. The molecule has 5 heteroatoms. The predicted molar refractivity (Wildman–Crippen MR) is 84.5 cm³/mol. The summed E-state index contributed by atoms with van der Waals surface area (Å²) in [6, 6.07) is 9.51. The lowest BCUT2D eigenvalue weighted by Gasteiger charge is -2.12. The molecule has 0 saturated carbocycles. The molecule has 0 aliphatic heterocycles. The second-order valence-corrected chi connectivity index (χ2v) is 4.99. The number of nitrogens with zero attached hydrogens (tertiary/aromatic N) is 2. The molecule has 21 heavy (non-hydrogen) atoms. The van der Waals surface area contributed by atoms with Gasteiger partial charge < -0.3 is 10.6 Å². The molecule has 0 radical (unpaired) electrons. The molecule has 0 aliphatic carbocycles. The van der Waals surface area contributed by atoms with Crippen LogP contribution < -0.4 is 10.6 Å². The van der Waals surface area contributed by atoms with E-state index < -0.39 is 0 Å². The van der Waals surface area contributed by atoms with Crippen LogP contribution in [0.15, 0.2) is 36.5 Å². The first-order valence-electron chi connectivity index (χ1n) is 7.06. The third-order valence-corrected chi connectivity index (χ3v) is 3.27. The number of carbonyl (C=O) groups excluding carboxylic acids is 1. The molecule has 0 fully saturated rings. The van der Waals surface area contributed by atoms with E-state index in [-0.39, 0.29) is 11.9 Å². The molecule has 1 aromatic carbocycles. The molecule has 1 heterocycles. The van der Waals surface area contributed by atoms with Crippen LogP contribution in [0.2, 0.25) is 0 Å². The van der Waals surface area contributed by atoms with Gasteiger partial charge in [0, 0.05) is 17.9 Å². The van der Waals surface area contributed by atoms with Crippen molar-refractivity contribution in [3.8, 4) is 0 Å². The number of aromatic nitrogens is 2. The number of nitrogens with one attached hydrogen (secondary N) is 2. The van der Waals surface area contributed by atoms with Crippen molar-refractivity contribution in [2.75, 3.05) is 10.6 Å². The highest BCUT2D eigenvalue weighted by molar-refractivity contribution is 6.03. The van der Waals surface area contributed by atoms with E-state index in [1.165, 1.54) is 0 Å². The first-order chi connectivity index (χ1) is 10.1. The van der Waals surface area contributed by atoms with Crippen LogP contribution in [0.5, 0.6) is 0 Å². The minimum Gasteiger partial charge on any atom is -0.352 e. The minimum absolute atomic E-state index is 0.237. The molecule has 1 amide bonds. The van der Waals surface area contributed by atoms with Crippen LogP contribution in [0, 0.1) is 6.92 Å². The number of benzene rings is 1. The fourth-order valence-corrected chi connectivity index (χ4v) is 1.78. The summed E-state index contributed by atoms with van der Waals surface area (Å²) in [5, 5.41) is 6.02. The van der Waals surface area contributed by atoms with Crippen molar-refractivity contribution in [1.29, 1.82) is 0 Å². The van der Waals surface area contributed by atoms with Crippen molar-refractivity contribution in [1.82, 2.24) is 9.97 Å². The summed E-state index contributed by atoms with van der Waals surface area (Å²) < 4.78 is 0. The Morgan fingerprint density at radius 1 is 1.29 bits per heavy atom. The Kier molecular flexibility index (Phi) is 4.87. The maximum absolute atomic E-state index is 12.2. The molecule has 2 aromatic rings. The van der Waals surface area contributed by atoms with Crippen molar-refractivity contribution in [3.05, 3.63) is 47.8 Å². The zero-order chi connectivity index (χ0) is 15.2. The summed E-state index contributed by atoms with van der Waals surface area (Å²) in [5.41, 5.74) is 2.15. The average molecular weight is 284 g/mol. The van der Waals surface area contributed by atoms with Gasteiger partial charge in [0.1, 0.15) is 5.69 Å². The maximum atomic E-state index is 12.2. The molecule has 2 N–H and O–H groups in total. The fourth-order valence-electron chi connectivity index (χ4n) is 1.78. The van der Waals surface area contributed by atoms with E-state index in [4.69, 9.17) is 0 Å². The van der Waals surface area contributed by atoms with Crippen LogP contribution in [0.4, 0.5) is 11.6 Å². The summed E-state index contributed by atoms with van der Waals surface area (Å²) in [6.07, 6.45) is 2.55. The number of carbonyl (C=O) groups is 1. The van der Waals surface area contributed by atoms with Gasteiger partial charge in [0.25, 0.3) is 5.91 Å². The van der Waals surface area contributed by atoms with Gasteiger partial charge in [0.2, 0.25) is 5.95 Å². The van der Waals surface area contributed by atoms with Crippen molar-refractivity contribution in [2.24, 2.45) is 0 Å². The lowest BCUT2D eigenvalue weighted by atomic mass is 10.2. The van der Waals surface area contributed by atoms with E-state index in [0.29, 0.717) is 11.6 Å². The van der Waals surface area contributed by atoms with Crippen molar-refractivity contribution in [2.45, 2.75) is 33.2 Å². The van der Waals surface area contributed by atoms with Gasteiger partial charge in [0.05, 0.1) is 0 Å². The normalized spacial score (nSPS) is 11.8. The number of hydrogen-bond acceptors (Lipinski definition) is 4. The molecular formula is C16H20N4O. The zero-order valence-electron chi connectivity index (χ0n) is 12.6. The van der Waals surface area contributed by atoms with Gasteiger partial charge >= 0.3 is 0 Å². The Balaban J connectivity index is 2.12. The molecule has 0 bridgehead atoms. The number of rotatable bonds is 5. The van der Waals surface area contributed by atoms with E-state index in [1.807, 2.05) is 38.1 Å². The van der Waals surface area contributed by atoms with Crippen LogP contribution in [0.3, 0.4) is 0 Å². The molecule has 0 saturated heterocycles. The quantitative estimate of drug-likeness (QED) is 0.884. The summed E-state index contributed by atoms with van der Waals surface area (Å²) in [4.78, 5) is 20.6. The first-order valence-corrected chi connectivity index (χ1v) is 7.06. The van der Waals surface area contributed by atoms with Gasteiger partial charge in [-0.2, -0.15) is 0 Å². The summed E-state index contributed by atoms with van der Waals surface area (Å²) in [5.74, 6) is 0.237. The van der Waals surface area contributed by atoms with Gasteiger partial charge in [0.15, 0.2) is 0 Å². The monoisotopic (exact) mass is 284 g/mol. The Morgan fingerprint density at radius 3 is 2.76 bits per heavy atom. The van der Waals surface area contributed by atoms with Gasteiger partial charge in [-0.1, -0.05) is 25.1 Å². The Morgan fingerprint density at radius 2 is 2.05 bits per heavy atom. The topological polar surface area (TPSA) is 66.9 Å². The van der Waals surface area contributed by atoms with Gasteiger partial charge in [-0.15, -0.1) is 0 Å². The maximum Gasteiger partial charge on any atom is 0.274 e. The lowest BCUT2D eigenvalue weighted by Crippen LogP contribution is -2.19. The van der Waals surface area contributed by atoms with Crippen LogP contribution >= 0.6 is 0 Å². The third kappa shape index (κ3) is 4.02. The smallest absolute Gasteiger partial charge is 0.274 e. The lowest BCUT2D eigenvalue weighted by molar-refractivity contribution is 0.102. The predicted octanol–water partition coefficient (Wildman–Crippen LogP) is 3.25. The van der Waals surface area contributed by atoms with Gasteiger partial charge in [-0.05, 0) is 38.0 Å². The molecule has 0 aliphatic rings. The molecular weight excluding hydrogens is 264 g/mol. The van der Waals surface area contributed by atoms with E-state index in [9.17, 15) is 4.79 Å². The number of amides is 1. The molecule has 5 nitrogen and oxygen atoms in total. The van der Waals surface area contributed by atoms with Crippen LogP contribution in [0.1, 0.15) is 36.3 Å². The number of aryl methyl sites for hydroxylation is 1. The Hall–Kier alpha value is -2.43. The van der Waals surface area contributed by atoms with E-state index in [2.05, 4.69) is 27.5 Å². The van der Waals surface area contributed by atoms with Crippen molar-refractivity contribution < 1.29 is 4.79 Å². The zero-order valence-corrected chi connectivity index (χ0v) is 12.6. The van der Waals surface area contributed by atoms with Crippen LogP contribution in [-0.4, -0.2) is 21.9 Å². The first kappa shape index (κ1) is 15.0. The highest BCUT2D eigenvalue weighted by Crippen LogP contribution is 2.14. The molecule has 1 unspecified atom stereocenters. The van der Waals surface area contributed by atoms with E-state index in [0.717, 1.165) is 17.7 Å². The summed E-state index contributed by atoms with van der Waals surface area (Å²) in [7, 11) is 0. The SMILES string of the molecule is CCC(C)Nc1nccc(C(=O)Nc2ccccc2C)n1. The van der Waals surface area contributed by atoms with E-state index >= 15 is 0 Å². The van der Waals surface area contributed by atoms with Gasteiger partial charge in [-0.3, -0.25) is 4.79 Å². The van der Waals surface area contributed by atoms with Crippen molar-refractivity contribution in [3.63, 3.8) is 0 Å². The Bertz CT molecular complexity index is 627. The second-order valence-electron chi connectivity index (χ2n) is 4.99. The van der Waals surface area contributed by atoms with Gasteiger partial charge in [-0.25, -0.2) is 9.97 Å². The fraction of sp³-hybridized carbons (Fsp3) is 0.312. The standard InChI is InChI=1S/C16H20N4O/c1-4-12(3)18-16-17-10-9-14(20-16)15(21)19-13-8-6-5-7-11(13)2/h5-10,12H,4H2,1-3H3,(H,19,21)(H,17,18,20). The van der Waals surface area contributed by atoms with Crippen LogP contribution in [-0.2, 0) is 0 Å². The Labute approximate surface area is 124 Å². The molecule has 1 aromatic heterocycles. The largest absolute Gasteiger partial charge is 0.352 e. The second kappa shape index (κ2) is 6.83. The molecule has 0 spiro atoms. The van der Waals surface area contributed by atoms with Crippen molar-refractivity contribution >= 4 is 17.5 Å². The molecule has 110 valence electrons. The highest BCUT2D eigenvalue weighted by Gasteiger charge is 2.11. The number of anilines is 2. The summed E-state index contributed by atoms with van der Waals surface area (Å²) >= 11 is 0. The van der Waals surface area contributed by atoms with E-state index in [1.54, 1.807) is 12.3 Å².